The van der Waals surface area contributed by atoms with Crippen molar-refractivity contribution in [1.29, 1.82) is 0 Å². The van der Waals surface area contributed by atoms with Gasteiger partial charge in [-0.25, -0.2) is 14.0 Å². The number of aromatic carboxylic acids is 1. The molecule has 0 saturated carbocycles. The third-order valence-corrected chi connectivity index (χ3v) is 4.31. The maximum atomic E-state index is 12.9. The highest BCUT2D eigenvalue weighted by atomic mass is 19.1. The van der Waals surface area contributed by atoms with Crippen molar-refractivity contribution in [3.63, 3.8) is 0 Å². The Kier molecular flexibility index (Phi) is 5.35. The van der Waals surface area contributed by atoms with Crippen LogP contribution in [0.25, 0.3) is 0 Å². The van der Waals surface area contributed by atoms with Crippen LogP contribution in [-0.4, -0.2) is 59.0 Å². The minimum Gasteiger partial charge on any atom is -0.478 e. The first-order valence-electron chi connectivity index (χ1n) is 8.38. The zero-order valence-corrected chi connectivity index (χ0v) is 14.4. The number of nitrogens with one attached hydrogen (secondary N) is 1. The summed E-state index contributed by atoms with van der Waals surface area (Å²) in [6.45, 7) is 1.37. The Hall–Kier alpha value is -3.42. The van der Waals surface area contributed by atoms with Crippen LogP contribution in [0.4, 0.5) is 14.9 Å². The molecule has 2 N–H and O–H groups in total. The van der Waals surface area contributed by atoms with Crippen molar-refractivity contribution >= 4 is 23.6 Å². The van der Waals surface area contributed by atoms with Crippen molar-refractivity contribution in [2.75, 3.05) is 31.5 Å². The van der Waals surface area contributed by atoms with Crippen LogP contribution >= 0.6 is 0 Å². The highest BCUT2D eigenvalue weighted by Crippen LogP contribution is 2.13. The molecule has 0 atom stereocenters. The van der Waals surface area contributed by atoms with E-state index in [0.29, 0.717) is 37.4 Å². The molecule has 27 heavy (non-hydrogen) atoms. The number of halogens is 1. The van der Waals surface area contributed by atoms with E-state index in [1.807, 2.05) is 0 Å². The van der Waals surface area contributed by atoms with Gasteiger partial charge >= 0.3 is 12.0 Å². The highest BCUT2D eigenvalue weighted by Gasteiger charge is 2.25. The van der Waals surface area contributed by atoms with Gasteiger partial charge in [-0.2, -0.15) is 0 Å². The van der Waals surface area contributed by atoms with Gasteiger partial charge < -0.3 is 20.2 Å². The average molecular weight is 371 g/mol. The molecule has 0 bridgehead atoms. The summed E-state index contributed by atoms with van der Waals surface area (Å²) in [4.78, 5) is 39.0. The number of piperazine rings is 1. The van der Waals surface area contributed by atoms with Crippen LogP contribution in [0, 0.1) is 5.82 Å². The number of benzene rings is 2. The molecule has 3 amide bonds. The summed E-state index contributed by atoms with van der Waals surface area (Å²) >= 11 is 0. The lowest BCUT2D eigenvalue weighted by molar-refractivity contribution is 0.0671. The molecule has 7 nitrogen and oxygen atoms in total. The molecule has 0 spiro atoms. The quantitative estimate of drug-likeness (QED) is 0.868. The van der Waals surface area contributed by atoms with Crippen molar-refractivity contribution in [3.8, 4) is 0 Å². The van der Waals surface area contributed by atoms with Crippen molar-refractivity contribution in [2.45, 2.75) is 0 Å². The minimum absolute atomic E-state index is 0.0539. The molecule has 2 aromatic carbocycles. The van der Waals surface area contributed by atoms with E-state index in [4.69, 9.17) is 5.11 Å². The number of carbonyl (C=O) groups excluding carboxylic acids is 2. The second-order valence-corrected chi connectivity index (χ2v) is 6.10. The van der Waals surface area contributed by atoms with Crippen LogP contribution < -0.4 is 5.32 Å². The molecule has 0 aliphatic carbocycles. The number of anilines is 1. The first-order valence-corrected chi connectivity index (χ1v) is 8.38. The molecule has 1 heterocycles. The number of hydrogen-bond acceptors (Lipinski definition) is 3. The lowest BCUT2D eigenvalue weighted by Gasteiger charge is -2.34. The number of carboxylic acid groups (broad SMARTS) is 1. The molecule has 1 aliphatic heterocycles. The van der Waals surface area contributed by atoms with E-state index in [0.717, 1.165) is 0 Å². The smallest absolute Gasteiger partial charge is 0.335 e. The van der Waals surface area contributed by atoms with Gasteiger partial charge in [0.2, 0.25) is 0 Å². The van der Waals surface area contributed by atoms with Gasteiger partial charge in [-0.05, 0) is 42.5 Å². The van der Waals surface area contributed by atoms with Crippen LogP contribution in [-0.2, 0) is 0 Å². The average Bonchev–Trinajstić information content (AvgIpc) is 2.69. The number of carboxylic acids is 1. The standard InChI is InChI=1S/C19H18FN3O4/c20-15-4-6-16(7-5-15)21-19(27)23-10-8-22(9-11-23)17(24)13-2-1-3-14(12-13)18(25)26/h1-7,12H,8-11H2,(H,21,27)(H,25,26). The summed E-state index contributed by atoms with van der Waals surface area (Å²) in [5, 5.41) is 11.7. The highest BCUT2D eigenvalue weighted by molar-refractivity contribution is 5.97. The molecule has 1 fully saturated rings. The third kappa shape index (κ3) is 4.41. The van der Waals surface area contributed by atoms with Crippen LogP contribution in [0.5, 0.6) is 0 Å². The Morgan fingerprint density at radius 2 is 1.48 bits per heavy atom. The molecule has 3 rings (SSSR count). The molecule has 1 saturated heterocycles. The first-order chi connectivity index (χ1) is 12.9. The fourth-order valence-electron chi connectivity index (χ4n) is 2.82. The van der Waals surface area contributed by atoms with E-state index in [9.17, 15) is 18.8 Å². The van der Waals surface area contributed by atoms with Gasteiger partial charge in [0.05, 0.1) is 5.56 Å². The second-order valence-electron chi connectivity index (χ2n) is 6.10. The largest absolute Gasteiger partial charge is 0.478 e. The van der Waals surface area contributed by atoms with E-state index < -0.39 is 5.97 Å². The van der Waals surface area contributed by atoms with E-state index in [1.54, 1.807) is 15.9 Å². The molecular formula is C19H18FN3O4. The lowest BCUT2D eigenvalue weighted by Crippen LogP contribution is -2.51. The number of carbonyl (C=O) groups is 3. The van der Waals surface area contributed by atoms with Crippen molar-refractivity contribution in [1.82, 2.24) is 9.80 Å². The van der Waals surface area contributed by atoms with Gasteiger partial charge in [-0.1, -0.05) is 6.07 Å². The number of amides is 3. The molecule has 2 aromatic rings. The topological polar surface area (TPSA) is 90.0 Å². The third-order valence-electron chi connectivity index (χ3n) is 4.31. The number of nitrogens with zero attached hydrogens (tertiary/aromatic N) is 2. The van der Waals surface area contributed by atoms with Crippen molar-refractivity contribution in [2.24, 2.45) is 0 Å². The summed E-state index contributed by atoms with van der Waals surface area (Å²) < 4.78 is 12.9. The SMILES string of the molecule is O=C(O)c1cccc(C(=O)N2CCN(C(=O)Nc3ccc(F)cc3)CC2)c1. The van der Waals surface area contributed by atoms with Crippen LogP contribution in [0.15, 0.2) is 48.5 Å². The normalized spacial score (nSPS) is 14.0. The maximum absolute atomic E-state index is 12.9. The summed E-state index contributed by atoms with van der Waals surface area (Å²) in [6.07, 6.45) is 0. The van der Waals surface area contributed by atoms with Gasteiger partial charge in [0.25, 0.3) is 5.91 Å². The monoisotopic (exact) mass is 371 g/mol. The molecule has 0 radical (unpaired) electrons. The van der Waals surface area contributed by atoms with Gasteiger partial charge in [0.15, 0.2) is 0 Å². The Labute approximate surface area is 155 Å². The van der Waals surface area contributed by atoms with E-state index in [1.165, 1.54) is 42.5 Å². The molecule has 1 aliphatic rings. The van der Waals surface area contributed by atoms with Crippen LogP contribution in [0.1, 0.15) is 20.7 Å². The number of rotatable bonds is 3. The molecule has 0 aromatic heterocycles. The summed E-state index contributed by atoms with van der Waals surface area (Å²) in [5.74, 6) is -1.74. The molecule has 140 valence electrons. The first kappa shape index (κ1) is 18.4. The Balaban J connectivity index is 1.57. The predicted octanol–water partition coefficient (Wildman–Crippen LogP) is 2.51. The second kappa shape index (κ2) is 7.86. The number of urea groups is 1. The van der Waals surface area contributed by atoms with Crippen LogP contribution in [0.2, 0.25) is 0 Å². The van der Waals surface area contributed by atoms with Crippen LogP contribution in [0.3, 0.4) is 0 Å². The van der Waals surface area contributed by atoms with E-state index >= 15 is 0 Å². The van der Waals surface area contributed by atoms with Gasteiger partial charge in [0, 0.05) is 37.4 Å². The summed E-state index contributed by atoms with van der Waals surface area (Å²) in [5.41, 5.74) is 0.850. The summed E-state index contributed by atoms with van der Waals surface area (Å²) in [6, 6.07) is 11.0. The Morgan fingerprint density at radius 1 is 0.889 bits per heavy atom. The van der Waals surface area contributed by atoms with Gasteiger partial charge in [-0.3, -0.25) is 4.79 Å². The lowest BCUT2D eigenvalue weighted by atomic mass is 10.1. The zero-order chi connectivity index (χ0) is 19.4. The fourth-order valence-corrected chi connectivity index (χ4v) is 2.82. The maximum Gasteiger partial charge on any atom is 0.335 e. The van der Waals surface area contributed by atoms with Gasteiger partial charge in [0.1, 0.15) is 5.82 Å². The molecule has 0 unspecified atom stereocenters. The van der Waals surface area contributed by atoms with Crippen molar-refractivity contribution < 1.29 is 23.9 Å². The Bertz CT molecular complexity index is 862. The van der Waals surface area contributed by atoms with Gasteiger partial charge in [-0.15, -0.1) is 0 Å². The zero-order valence-electron chi connectivity index (χ0n) is 14.4. The molecular weight excluding hydrogens is 353 g/mol. The van der Waals surface area contributed by atoms with E-state index in [2.05, 4.69) is 5.32 Å². The summed E-state index contributed by atoms with van der Waals surface area (Å²) in [7, 11) is 0. The fraction of sp³-hybridized carbons (Fsp3) is 0.211. The minimum atomic E-state index is -1.09. The molecule has 8 heteroatoms. The van der Waals surface area contributed by atoms with Crippen molar-refractivity contribution in [3.05, 3.63) is 65.5 Å². The Morgan fingerprint density at radius 3 is 2.11 bits per heavy atom. The predicted molar refractivity (Wildman–Crippen MR) is 96.3 cm³/mol. The van der Waals surface area contributed by atoms with E-state index in [-0.39, 0.29) is 23.3 Å². The number of hydrogen-bond donors (Lipinski definition) is 2.